The van der Waals surface area contributed by atoms with Gasteiger partial charge < -0.3 is 0 Å². The molecule has 0 aliphatic rings. The topological polar surface area (TPSA) is 0 Å². The van der Waals surface area contributed by atoms with E-state index in [4.69, 9.17) is 22.4 Å². The molecule has 0 bridgehead atoms. The molecule has 0 amide bonds. The first kappa shape index (κ1) is 9.19. The van der Waals surface area contributed by atoms with Gasteiger partial charge in [0.15, 0.2) is 0 Å². The molecule has 1 aromatic carbocycles. The molecule has 4 heteroatoms. The molecule has 0 saturated heterocycles. The van der Waals surface area contributed by atoms with Crippen LogP contribution in [0.2, 0.25) is 0 Å². The number of hydrogen-bond donors (Lipinski definition) is 1. The van der Waals surface area contributed by atoms with Crippen molar-refractivity contribution in [3.05, 3.63) is 35.9 Å². The van der Waals surface area contributed by atoms with Gasteiger partial charge in [0.1, 0.15) is 0 Å². The summed E-state index contributed by atoms with van der Waals surface area (Å²) in [7, 11) is -0.564. The molecule has 11 heavy (non-hydrogen) atoms. The van der Waals surface area contributed by atoms with Crippen molar-refractivity contribution >= 4 is 46.8 Å². The van der Waals surface area contributed by atoms with Crippen LogP contribution in [-0.4, -0.2) is 4.20 Å². The maximum absolute atomic E-state index is 4.91. The molecular weight excluding hydrogens is 212 g/mol. The highest BCUT2D eigenvalue weighted by Crippen LogP contribution is 2.02. The highest BCUT2D eigenvalue weighted by molar-refractivity contribution is 8.49. The lowest BCUT2D eigenvalue weighted by Gasteiger charge is -1.93. The average Bonchev–Trinajstić information content (AvgIpc) is 2.05. The van der Waals surface area contributed by atoms with E-state index in [1.807, 2.05) is 30.3 Å². The second kappa shape index (κ2) is 4.21. The van der Waals surface area contributed by atoms with Crippen LogP contribution >= 0.6 is 12.6 Å². The standard InChI is InChI=1S/C7H6S4/c8-7(11(9)10)6-4-2-1-3-5-6/h1-5,8H. The van der Waals surface area contributed by atoms with Crippen molar-refractivity contribution in [3.63, 3.8) is 0 Å². The summed E-state index contributed by atoms with van der Waals surface area (Å²) in [4.78, 5) is 0. The predicted octanol–water partition coefficient (Wildman–Crippen LogP) is 1.64. The minimum Gasteiger partial charge on any atom is -0.131 e. The van der Waals surface area contributed by atoms with Crippen LogP contribution in [0.5, 0.6) is 0 Å². The van der Waals surface area contributed by atoms with E-state index in [9.17, 15) is 0 Å². The van der Waals surface area contributed by atoms with Gasteiger partial charge in [-0.15, -0.1) is 12.6 Å². The smallest absolute Gasteiger partial charge is 0.0763 e. The van der Waals surface area contributed by atoms with Crippen molar-refractivity contribution in [1.29, 1.82) is 0 Å². The summed E-state index contributed by atoms with van der Waals surface area (Å²) >= 11 is 14.1. The SMILES string of the molecule is S=S(=S)=C(S)c1ccccc1. The van der Waals surface area contributed by atoms with Crippen LogP contribution in [-0.2, 0) is 30.0 Å². The second-order valence-electron chi connectivity index (χ2n) is 1.91. The fourth-order valence-corrected chi connectivity index (χ4v) is 1.73. The number of rotatable bonds is 1. The van der Waals surface area contributed by atoms with E-state index in [0.29, 0.717) is 0 Å². The van der Waals surface area contributed by atoms with Crippen LogP contribution in [0.4, 0.5) is 0 Å². The van der Waals surface area contributed by atoms with Crippen molar-refractivity contribution in [3.8, 4) is 0 Å². The van der Waals surface area contributed by atoms with Gasteiger partial charge in [0.2, 0.25) is 0 Å². The Bertz CT molecular complexity index is 353. The lowest BCUT2D eigenvalue weighted by Crippen LogP contribution is -1.89. The summed E-state index contributed by atoms with van der Waals surface area (Å²) in [5.74, 6) is 0. The molecule has 0 aromatic heterocycles. The van der Waals surface area contributed by atoms with Gasteiger partial charge in [0, 0.05) is 0 Å². The monoisotopic (exact) mass is 218 g/mol. The summed E-state index contributed by atoms with van der Waals surface area (Å²) in [5.41, 5.74) is 1.03. The molecule has 0 saturated carbocycles. The Labute approximate surface area is 82.5 Å². The molecule has 0 N–H and O–H groups in total. The van der Waals surface area contributed by atoms with E-state index in [1.165, 1.54) is 0 Å². The van der Waals surface area contributed by atoms with Crippen molar-refractivity contribution in [1.82, 2.24) is 0 Å². The zero-order valence-electron chi connectivity index (χ0n) is 5.56. The fraction of sp³-hybridized carbons (Fsp3) is 0. The normalized spacial score (nSPS) is 9.18. The number of benzene rings is 1. The van der Waals surface area contributed by atoms with Gasteiger partial charge in [0.25, 0.3) is 0 Å². The molecule has 0 unspecified atom stereocenters. The molecule has 0 spiro atoms. The van der Waals surface area contributed by atoms with E-state index >= 15 is 0 Å². The lowest BCUT2D eigenvalue weighted by molar-refractivity contribution is 1.69. The maximum Gasteiger partial charge on any atom is 0.0763 e. The first-order valence-electron chi connectivity index (χ1n) is 2.92. The summed E-state index contributed by atoms with van der Waals surface area (Å²) in [6, 6.07) is 9.77. The van der Waals surface area contributed by atoms with Gasteiger partial charge in [-0.05, 0) is 27.9 Å². The van der Waals surface area contributed by atoms with Crippen LogP contribution in [0.3, 0.4) is 0 Å². The molecule has 0 atom stereocenters. The third-order valence-electron chi connectivity index (χ3n) is 1.18. The molecule has 1 rings (SSSR count). The molecule has 0 heterocycles. The van der Waals surface area contributed by atoms with Gasteiger partial charge in [-0.3, -0.25) is 0 Å². The average molecular weight is 218 g/mol. The van der Waals surface area contributed by atoms with Crippen LogP contribution in [0, 0.1) is 0 Å². The Morgan fingerprint density at radius 1 is 1.18 bits per heavy atom. The first-order chi connectivity index (χ1) is 5.22. The number of thiol groups is 1. The van der Waals surface area contributed by atoms with E-state index in [0.717, 1.165) is 9.76 Å². The van der Waals surface area contributed by atoms with E-state index < -0.39 is 7.60 Å². The first-order valence-corrected chi connectivity index (χ1v) is 6.44. The molecule has 0 fully saturated rings. The van der Waals surface area contributed by atoms with Gasteiger partial charge in [-0.1, -0.05) is 37.9 Å². The summed E-state index contributed by atoms with van der Waals surface area (Å²) in [6.45, 7) is 0. The third-order valence-corrected chi connectivity index (χ3v) is 4.28. The lowest BCUT2D eigenvalue weighted by atomic mass is 10.2. The molecular formula is C7H6S4. The van der Waals surface area contributed by atoms with Gasteiger partial charge >= 0.3 is 0 Å². The van der Waals surface area contributed by atoms with Gasteiger partial charge in [-0.2, -0.15) is 0 Å². The quantitative estimate of drug-likeness (QED) is 0.562. The largest absolute Gasteiger partial charge is 0.131 e. The summed E-state index contributed by atoms with van der Waals surface area (Å²) < 4.78 is 0.815. The minimum atomic E-state index is -0.564. The minimum absolute atomic E-state index is 0.564. The Morgan fingerprint density at radius 3 is 2.18 bits per heavy atom. The Kier molecular flexibility index (Phi) is 3.51. The highest BCUT2D eigenvalue weighted by Gasteiger charge is 1.92. The Hall–Kier alpha value is 0.100. The predicted molar refractivity (Wildman–Crippen MR) is 61.6 cm³/mol. The third kappa shape index (κ3) is 2.56. The summed E-state index contributed by atoms with van der Waals surface area (Å²) in [6.07, 6.45) is 0. The van der Waals surface area contributed by atoms with Crippen molar-refractivity contribution < 1.29 is 0 Å². The maximum atomic E-state index is 4.91. The molecule has 0 aliphatic carbocycles. The Morgan fingerprint density at radius 2 is 1.73 bits per heavy atom. The molecule has 0 aliphatic heterocycles. The molecule has 1 aromatic rings. The Balaban J connectivity index is 3.26. The van der Waals surface area contributed by atoms with Crippen LogP contribution < -0.4 is 0 Å². The van der Waals surface area contributed by atoms with Crippen molar-refractivity contribution in [2.75, 3.05) is 0 Å². The fourth-order valence-electron chi connectivity index (χ4n) is 0.677. The van der Waals surface area contributed by atoms with Crippen LogP contribution in [0.15, 0.2) is 30.3 Å². The zero-order chi connectivity index (χ0) is 8.27. The molecule has 0 radical (unpaired) electrons. The van der Waals surface area contributed by atoms with Crippen LogP contribution in [0.1, 0.15) is 5.56 Å². The highest BCUT2D eigenvalue weighted by atomic mass is 33.1. The van der Waals surface area contributed by atoms with E-state index in [1.54, 1.807) is 0 Å². The summed E-state index contributed by atoms with van der Waals surface area (Å²) in [5, 5.41) is 0. The molecule has 0 nitrogen and oxygen atoms in total. The number of hydrogen-bond acceptors (Lipinski definition) is 2. The van der Waals surface area contributed by atoms with Crippen molar-refractivity contribution in [2.24, 2.45) is 0 Å². The second-order valence-corrected chi connectivity index (χ2v) is 6.17. The van der Waals surface area contributed by atoms with Crippen LogP contribution in [0.25, 0.3) is 0 Å². The van der Waals surface area contributed by atoms with Gasteiger partial charge in [0.05, 0.1) is 4.20 Å². The van der Waals surface area contributed by atoms with Crippen molar-refractivity contribution in [2.45, 2.75) is 0 Å². The molecule has 58 valence electrons. The van der Waals surface area contributed by atoms with Gasteiger partial charge in [-0.25, -0.2) is 0 Å². The van der Waals surface area contributed by atoms with E-state index in [2.05, 4.69) is 12.6 Å². The zero-order valence-corrected chi connectivity index (χ0v) is 8.90. The van der Waals surface area contributed by atoms with E-state index in [-0.39, 0.29) is 0 Å².